The molecular weight excluding hydrogens is 160 g/mol. The number of carbonyl (C=O) groups excluding carboxylic acids is 1. The van der Waals surface area contributed by atoms with Gasteiger partial charge in [-0.15, -0.1) is 0 Å². The molecule has 0 aliphatic heterocycles. The van der Waals surface area contributed by atoms with Gasteiger partial charge in [-0.2, -0.15) is 0 Å². The molecule has 0 aliphatic carbocycles. The van der Waals surface area contributed by atoms with Crippen molar-refractivity contribution in [2.24, 2.45) is 5.92 Å². The molecule has 0 aliphatic rings. The van der Waals surface area contributed by atoms with E-state index in [2.05, 4.69) is 5.32 Å². The molecule has 0 bridgehead atoms. The number of hydrogen-bond donors (Lipinski definition) is 3. The fourth-order valence-corrected chi connectivity index (χ4v) is 0.733. The molecule has 0 heterocycles. The molecule has 5 heteroatoms. The Balaban J connectivity index is 0. The van der Waals surface area contributed by atoms with E-state index >= 15 is 0 Å². The smallest absolute Gasteiger partial charge is 0.326 e. The van der Waals surface area contributed by atoms with Gasteiger partial charge in [0.05, 0.1) is 0 Å². The summed E-state index contributed by atoms with van der Waals surface area (Å²) in [5.41, 5.74) is 0. The van der Waals surface area contributed by atoms with Crippen molar-refractivity contribution in [3.63, 3.8) is 0 Å². The SMILES string of the molecule is CC(=O)NC(C(=O)O)C(C)C.N. The minimum atomic E-state index is -0.991. The third-order valence-electron chi connectivity index (χ3n) is 1.29. The molecular formula is C7H16N2O3. The highest BCUT2D eigenvalue weighted by Crippen LogP contribution is 2.00. The number of carboxylic acids is 1. The summed E-state index contributed by atoms with van der Waals surface area (Å²) in [7, 11) is 0. The number of carboxylic acid groups (broad SMARTS) is 1. The van der Waals surface area contributed by atoms with E-state index in [0.29, 0.717) is 0 Å². The average molecular weight is 176 g/mol. The predicted octanol–water partition coefficient (Wildman–Crippen LogP) is 0.394. The summed E-state index contributed by atoms with van der Waals surface area (Å²) in [5.74, 6) is -1.39. The van der Waals surface area contributed by atoms with Gasteiger partial charge >= 0.3 is 5.97 Å². The molecule has 0 radical (unpaired) electrons. The van der Waals surface area contributed by atoms with Crippen molar-refractivity contribution < 1.29 is 14.7 Å². The quantitative estimate of drug-likeness (QED) is 0.579. The van der Waals surface area contributed by atoms with E-state index in [1.165, 1.54) is 6.92 Å². The van der Waals surface area contributed by atoms with Crippen LogP contribution in [0.2, 0.25) is 0 Å². The van der Waals surface area contributed by atoms with Gasteiger partial charge < -0.3 is 16.6 Å². The minimum absolute atomic E-state index is 0. The molecule has 0 aromatic carbocycles. The summed E-state index contributed by atoms with van der Waals surface area (Å²) in [6, 6.07) is -0.771. The zero-order valence-corrected chi connectivity index (χ0v) is 7.63. The first-order valence-corrected chi connectivity index (χ1v) is 3.45. The predicted molar refractivity (Wildman–Crippen MR) is 45.1 cm³/mol. The summed E-state index contributed by atoms with van der Waals surface area (Å²) in [6.45, 7) is 4.79. The number of hydrogen-bond acceptors (Lipinski definition) is 3. The van der Waals surface area contributed by atoms with Gasteiger partial charge in [0, 0.05) is 6.92 Å². The van der Waals surface area contributed by atoms with Crippen LogP contribution < -0.4 is 11.5 Å². The lowest BCUT2D eigenvalue weighted by Gasteiger charge is -2.16. The van der Waals surface area contributed by atoms with E-state index < -0.39 is 12.0 Å². The molecule has 0 saturated heterocycles. The second kappa shape index (κ2) is 5.54. The van der Waals surface area contributed by atoms with Gasteiger partial charge in [0.1, 0.15) is 6.04 Å². The highest BCUT2D eigenvalue weighted by molar-refractivity contribution is 5.82. The van der Waals surface area contributed by atoms with E-state index in [1.54, 1.807) is 13.8 Å². The third kappa shape index (κ3) is 4.68. The molecule has 72 valence electrons. The number of nitrogens with one attached hydrogen (secondary N) is 1. The van der Waals surface area contributed by atoms with Crippen LogP contribution in [0.4, 0.5) is 0 Å². The lowest BCUT2D eigenvalue weighted by atomic mass is 10.1. The largest absolute Gasteiger partial charge is 0.480 e. The van der Waals surface area contributed by atoms with E-state index in [-0.39, 0.29) is 18.0 Å². The molecule has 0 aromatic heterocycles. The van der Waals surface area contributed by atoms with Crippen molar-refractivity contribution in [1.29, 1.82) is 0 Å². The Kier molecular flexibility index (Phi) is 6.22. The fourth-order valence-electron chi connectivity index (χ4n) is 0.733. The van der Waals surface area contributed by atoms with Crippen molar-refractivity contribution >= 4 is 11.9 Å². The van der Waals surface area contributed by atoms with Gasteiger partial charge in [-0.05, 0) is 5.92 Å². The van der Waals surface area contributed by atoms with Crippen LogP contribution in [-0.4, -0.2) is 23.0 Å². The molecule has 5 nitrogen and oxygen atoms in total. The van der Waals surface area contributed by atoms with Crippen LogP contribution in [0.5, 0.6) is 0 Å². The lowest BCUT2D eigenvalue weighted by molar-refractivity contribution is -0.142. The van der Waals surface area contributed by atoms with Crippen molar-refractivity contribution in [3.8, 4) is 0 Å². The maximum absolute atomic E-state index is 10.5. The molecule has 5 N–H and O–H groups in total. The second-order valence-electron chi connectivity index (χ2n) is 2.76. The molecule has 12 heavy (non-hydrogen) atoms. The number of amides is 1. The molecule has 0 fully saturated rings. The number of carbonyl (C=O) groups is 2. The van der Waals surface area contributed by atoms with Gasteiger partial charge in [-0.25, -0.2) is 4.79 Å². The normalized spacial score (nSPS) is 11.7. The summed E-state index contributed by atoms with van der Waals surface area (Å²) in [4.78, 5) is 21.0. The first-order valence-electron chi connectivity index (χ1n) is 3.45. The highest BCUT2D eigenvalue weighted by Gasteiger charge is 2.21. The van der Waals surface area contributed by atoms with Crippen molar-refractivity contribution in [1.82, 2.24) is 11.5 Å². The zero-order valence-electron chi connectivity index (χ0n) is 7.63. The Morgan fingerprint density at radius 3 is 1.83 bits per heavy atom. The molecule has 1 atom stereocenters. The van der Waals surface area contributed by atoms with E-state index in [4.69, 9.17) is 5.11 Å². The maximum Gasteiger partial charge on any atom is 0.326 e. The van der Waals surface area contributed by atoms with Crippen molar-refractivity contribution in [2.75, 3.05) is 0 Å². The summed E-state index contributed by atoms with van der Waals surface area (Å²) >= 11 is 0. The van der Waals surface area contributed by atoms with Crippen molar-refractivity contribution in [3.05, 3.63) is 0 Å². The third-order valence-corrected chi connectivity index (χ3v) is 1.29. The van der Waals surface area contributed by atoms with Gasteiger partial charge in [0.15, 0.2) is 0 Å². The molecule has 1 unspecified atom stereocenters. The highest BCUT2D eigenvalue weighted by atomic mass is 16.4. The summed E-state index contributed by atoms with van der Waals surface area (Å²) in [5, 5.41) is 10.9. The topological polar surface area (TPSA) is 101 Å². The Bertz CT molecular complexity index is 168. The minimum Gasteiger partial charge on any atom is -0.480 e. The van der Waals surface area contributed by atoms with Gasteiger partial charge in [-0.3, -0.25) is 4.79 Å². The van der Waals surface area contributed by atoms with Crippen molar-refractivity contribution in [2.45, 2.75) is 26.8 Å². The molecule has 0 spiro atoms. The Morgan fingerprint density at radius 2 is 1.75 bits per heavy atom. The van der Waals surface area contributed by atoms with Gasteiger partial charge in [0.25, 0.3) is 0 Å². The van der Waals surface area contributed by atoms with E-state index in [1.807, 2.05) is 0 Å². The molecule has 1 amide bonds. The first kappa shape index (κ1) is 13.5. The van der Waals surface area contributed by atoms with E-state index in [9.17, 15) is 9.59 Å². The van der Waals surface area contributed by atoms with Crippen LogP contribution in [-0.2, 0) is 9.59 Å². The lowest BCUT2D eigenvalue weighted by Crippen LogP contribution is -2.43. The Labute approximate surface area is 71.7 Å². The standard InChI is InChI=1S/C7H13NO3.H3N/c1-4(2)6(7(10)11)8-5(3)9;/h4,6H,1-3H3,(H,8,9)(H,10,11);1H3. The van der Waals surface area contributed by atoms with E-state index in [0.717, 1.165) is 0 Å². The first-order chi connectivity index (χ1) is 4.95. The average Bonchev–Trinajstić information content (AvgIpc) is 1.81. The number of aliphatic carboxylic acids is 1. The van der Waals surface area contributed by atoms with Gasteiger partial charge in [-0.1, -0.05) is 13.8 Å². The van der Waals surface area contributed by atoms with Crippen LogP contribution in [0, 0.1) is 5.92 Å². The van der Waals surface area contributed by atoms with Crippen LogP contribution in [0.15, 0.2) is 0 Å². The zero-order chi connectivity index (χ0) is 9.02. The fraction of sp³-hybridized carbons (Fsp3) is 0.714. The van der Waals surface area contributed by atoms with Crippen LogP contribution in [0.25, 0.3) is 0 Å². The van der Waals surface area contributed by atoms with Crippen LogP contribution in [0.3, 0.4) is 0 Å². The summed E-state index contributed by atoms with van der Waals surface area (Å²) in [6.07, 6.45) is 0. The van der Waals surface area contributed by atoms with Crippen LogP contribution >= 0.6 is 0 Å². The second-order valence-corrected chi connectivity index (χ2v) is 2.76. The molecule has 0 saturated carbocycles. The number of rotatable bonds is 3. The summed E-state index contributed by atoms with van der Waals surface area (Å²) < 4.78 is 0. The van der Waals surface area contributed by atoms with Gasteiger partial charge in [0.2, 0.25) is 5.91 Å². The monoisotopic (exact) mass is 176 g/mol. The van der Waals surface area contributed by atoms with Crippen LogP contribution in [0.1, 0.15) is 20.8 Å². The Morgan fingerprint density at radius 1 is 1.33 bits per heavy atom. The molecule has 0 aromatic rings. The molecule has 0 rings (SSSR count). The Hall–Kier alpha value is -1.10. The maximum atomic E-state index is 10.5.